The van der Waals surface area contributed by atoms with Crippen molar-refractivity contribution in [3.8, 4) is 0 Å². The molecule has 0 spiro atoms. The molecule has 0 heterocycles. The van der Waals surface area contributed by atoms with Gasteiger partial charge in [-0.1, -0.05) is 45.0 Å². The van der Waals surface area contributed by atoms with Crippen LogP contribution in [0.15, 0.2) is 24.3 Å². The van der Waals surface area contributed by atoms with Crippen LogP contribution in [0.2, 0.25) is 0 Å². The largest absolute Gasteiger partial charge is 0.326 e. The quantitative estimate of drug-likeness (QED) is 0.876. The number of rotatable bonds is 5. The van der Waals surface area contributed by atoms with Gasteiger partial charge in [0.05, 0.1) is 6.04 Å². The Hall–Kier alpha value is -1.19. The molecule has 3 N–H and O–H groups in total. The predicted octanol–water partition coefficient (Wildman–Crippen LogP) is 3.06. The highest BCUT2D eigenvalue weighted by Gasteiger charge is 2.31. The zero-order valence-electron chi connectivity index (χ0n) is 14.3. The molecule has 0 radical (unpaired) electrons. The molecule has 1 aromatic rings. The fourth-order valence-electron chi connectivity index (χ4n) is 2.37. The second kappa shape index (κ2) is 6.71. The van der Waals surface area contributed by atoms with Gasteiger partial charge < -0.3 is 11.1 Å². The summed E-state index contributed by atoms with van der Waals surface area (Å²) in [6, 6.07) is 7.99. The van der Waals surface area contributed by atoms with Crippen molar-refractivity contribution in [3.63, 3.8) is 0 Å². The lowest BCUT2D eigenvalue weighted by Gasteiger charge is -2.32. The third-order valence-electron chi connectivity index (χ3n) is 3.33. The van der Waals surface area contributed by atoms with E-state index in [1.807, 2.05) is 32.9 Å². The topological polar surface area (TPSA) is 55.1 Å². The monoisotopic (exact) mass is 290 g/mol. The summed E-state index contributed by atoms with van der Waals surface area (Å²) >= 11 is 0. The number of nitrogens with two attached hydrogens (primary N) is 1. The lowest BCUT2D eigenvalue weighted by molar-refractivity contribution is -0.128. The van der Waals surface area contributed by atoms with Crippen molar-refractivity contribution in [2.24, 2.45) is 11.1 Å². The summed E-state index contributed by atoms with van der Waals surface area (Å²) in [5.41, 5.74) is 7.50. The molecule has 3 heteroatoms. The van der Waals surface area contributed by atoms with Gasteiger partial charge in [-0.15, -0.1) is 0 Å². The van der Waals surface area contributed by atoms with Gasteiger partial charge in [-0.25, -0.2) is 0 Å². The molecule has 0 saturated carbocycles. The number of carbonyl (C=O) groups excluding carboxylic acids is 1. The molecule has 3 nitrogen and oxygen atoms in total. The standard InChI is InChI=1S/C18H30N2O/c1-17(2,3)16(21)15(20-18(4,5)6)11-13-8-7-9-14(10-13)12-19/h7-10,15,20H,11-12,19H2,1-6H3/t15-/m0/s1. The van der Waals surface area contributed by atoms with Crippen LogP contribution >= 0.6 is 0 Å². The van der Waals surface area contributed by atoms with E-state index in [-0.39, 0.29) is 22.8 Å². The molecule has 21 heavy (non-hydrogen) atoms. The van der Waals surface area contributed by atoms with Crippen LogP contribution in [-0.2, 0) is 17.8 Å². The van der Waals surface area contributed by atoms with Gasteiger partial charge in [0.15, 0.2) is 5.78 Å². The Morgan fingerprint density at radius 3 is 2.19 bits per heavy atom. The van der Waals surface area contributed by atoms with Crippen molar-refractivity contribution in [1.82, 2.24) is 5.32 Å². The zero-order chi connectivity index (χ0) is 16.3. The fourth-order valence-corrected chi connectivity index (χ4v) is 2.37. The molecular formula is C18H30N2O. The summed E-state index contributed by atoms with van der Waals surface area (Å²) in [6.45, 7) is 12.7. The molecule has 0 fully saturated rings. The maximum absolute atomic E-state index is 12.7. The minimum atomic E-state index is -0.353. The number of hydrogen-bond acceptors (Lipinski definition) is 3. The minimum Gasteiger partial charge on any atom is -0.326 e. The van der Waals surface area contributed by atoms with Crippen LogP contribution in [0.3, 0.4) is 0 Å². The highest BCUT2D eigenvalue weighted by atomic mass is 16.1. The molecule has 118 valence electrons. The number of hydrogen-bond donors (Lipinski definition) is 2. The molecular weight excluding hydrogens is 260 g/mol. The Balaban J connectivity index is 2.99. The van der Waals surface area contributed by atoms with Crippen LogP contribution in [0.1, 0.15) is 52.7 Å². The van der Waals surface area contributed by atoms with E-state index in [0.717, 1.165) is 11.1 Å². The molecule has 0 aliphatic rings. The van der Waals surface area contributed by atoms with Crippen LogP contribution < -0.4 is 11.1 Å². The Kier molecular flexibility index (Phi) is 5.71. The third kappa shape index (κ3) is 5.98. The molecule has 1 rings (SSSR count). The van der Waals surface area contributed by atoms with Gasteiger partial charge >= 0.3 is 0 Å². The number of benzene rings is 1. The first-order chi connectivity index (χ1) is 9.53. The first-order valence-electron chi connectivity index (χ1n) is 7.63. The number of ketones is 1. The number of nitrogens with one attached hydrogen (secondary N) is 1. The van der Waals surface area contributed by atoms with E-state index < -0.39 is 0 Å². The molecule has 1 atom stereocenters. The van der Waals surface area contributed by atoms with Gasteiger partial charge in [0.2, 0.25) is 0 Å². The number of Topliss-reactive ketones (excluding diaryl/α,β-unsaturated/α-hetero) is 1. The van der Waals surface area contributed by atoms with E-state index in [2.05, 4.69) is 38.2 Å². The molecule has 0 unspecified atom stereocenters. The Morgan fingerprint density at radius 1 is 1.14 bits per heavy atom. The summed E-state index contributed by atoms with van der Waals surface area (Å²) in [5, 5.41) is 3.47. The van der Waals surface area contributed by atoms with E-state index in [4.69, 9.17) is 5.73 Å². The van der Waals surface area contributed by atoms with Gasteiger partial charge in [0.25, 0.3) is 0 Å². The summed E-state index contributed by atoms with van der Waals surface area (Å²) < 4.78 is 0. The van der Waals surface area contributed by atoms with Gasteiger partial charge in [-0.05, 0) is 38.3 Å². The molecule has 0 bridgehead atoms. The van der Waals surface area contributed by atoms with Crippen LogP contribution in [0.5, 0.6) is 0 Å². The molecule has 0 aromatic heterocycles. The smallest absolute Gasteiger partial charge is 0.155 e. The van der Waals surface area contributed by atoms with Crippen LogP contribution in [-0.4, -0.2) is 17.4 Å². The van der Waals surface area contributed by atoms with Crippen molar-refractivity contribution in [3.05, 3.63) is 35.4 Å². The molecule has 0 amide bonds. The first kappa shape index (κ1) is 17.9. The third-order valence-corrected chi connectivity index (χ3v) is 3.33. The second-order valence-corrected chi connectivity index (χ2v) is 7.79. The summed E-state index contributed by atoms with van der Waals surface area (Å²) in [7, 11) is 0. The summed E-state index contributed by atoms with van der Waals surface area (Å²) in [5.74, 6) is 0.246. The molecule has 0 aliphatic heterocycles. The van der Waals surface area contributed by atoms with Gasteiger partial charge in [0.1, 0.15) is 0 Å². The molecule has 1 aromatic carbocycles. The first-order valence-corrected chi connectivity index (χ1v) is 7.63. The maximum atomic E-state index is 12.7. The van der Waals surface area contributed by atoms with Crippen molar-refractivity contribution >= 4 is 5.78 Å². The maximum Gasteiger partial charge on any atom is 0.155 e. The van der Waals surface area contributed by atoms with Crippen molar-refractivity contribution in [1.29, 1.82) is 0 Å². The van der Waals surface area contributed by atoms with Crippen molar-refractivity contribution in [2.75, 3.05) is 0 Å². The Morgan fingerprint density at radius 2 is 1.71 bits per heavy atom. The van der Waals surface area contributed by atoms with E-state index in [9.17, 15) is 4.79 Å². The minimum absolute atomic E-state index is 0.100. The van der Waals surface area contributed by atoms with E-state index in [1.165, 1.54) is 0 Å². The summed E-state index contributed by atoms with van der Waals surface area (Å²) in [6.07, 6.45) is 0.696. The van der Waals surface area contributed by atoms with Gasteiger partial charge in [-0.3, -0.25) is 4.79 Å². The average Bonchev–Trinajstić information content (AvgIpc) is 2.34. The highest BCUT2D eigenvalue weighted by molar-refractivity contribution is 5.89. The average molecular weight is 290 g/mol. The van der Waals surface area contributed by atoms with E-state index in [0.29, 0.717) is 13.0 Å². The SMILES string of the molecule is CC(C)(C)N[C@@H](Cc1cccc(CN)c1)C(=O)C(C)(C)C. The highest BCUT2D eigenvalue weighted by Crippen LogP contribution is 2.21. The van der Waals surface area contributed by atoms with Crippen molar-refractivity contribution in [2.45, 2.75) is 66.1 Å². The van der Waals surface area contributed by atoms with Crippen LogP contribution in [0, 0.1) is 5.41 Å². The fraction of sp³-hybridized carbons (Fsp3) is 0.611. The Bertz CT molecular complexity index is 481. The van der Waals surface area contributed by atoms with Crippen LogP contribution in [0.25, 0.3) is 0 Å². The van der Waals surface area contributed by atoms with Gasteiger partial charge in [-0.2, -0.15) is 0 Å². The second-order valence-electron chi connectivity index (χ2n) is 7.79. The summed E-state index contributed by atoms with van der Waals surface area (Å²) in [4.78, 5) is 12.7. The zero-order valence-corrected chi connectivity index (χ0v) is 14.3. The predicted molar refractivity (Wildman–Crippen MR) is 89.2 cm³/mol. The molecule has 0 saturated heterocycles. The van der Waals surface area contributed by atoms with Crippen molar-refractivity contribution < 1.29 is 4.79 Å². The normalized spacial score (nSPS) is 14.0. The van der Waals surface area contributed by atoms with Gasteiger partial charge in [0, 0.05) is 17.5 Å². The van der Waals surface area contributed by atoms with Crippen LogP contribution in [0.4, 0.5) is 0 Å². The van der Waals surface area contributed by atoms with E-state index >= 15 is 0 Å². The number of carbonyl (C=O) groups is 1. The van der Waals surface area contributed by atoms with E-state index in [1.54, 1.807) is 0 Å². The molecule has 0 aliphatic carbocycles. The lowest BCUT2D eigenvalue weighted by Crippen LogP contribution is -2.51. The lowest BCUT2D eigenvalue weighted by atomic mass is 9.83. The Labute approximate surface area is 129 Å².